The standard InChI is InChI=1S/C18H25NO4S/c1-6-19(10-12(2)3)17(21)11-23-18(22)8-7-16(20)15-9-13(4)24-14(15)5/h9H,2,6-8,10-11H2,1,3-5H3. The number of likely N-dealkylation sites (N-methyl/N-ethyl adjacent to an activating group) is 1. The first-order chi connectivity index (χ1) is 11.2. The van der Waals surface area contributed by atoms with Gasteiger partial charge in [-0.15, -0.1) is 11.3 Å². The van der Waals surface area contributed by atoms with Gasteiger partial charge in [-0.3, -0.25) is 14.4 Å². The van der Waals surface area contributed by atoms with Crippen LogP contribution in [0.25, 0.3) is 0 Å². The Labute approximate surface area is 147 Å². The maximum atomic E-state index is 12.1. The minimum absolute atomic E-state index is 0.0208. The number of thiophene rings is 1. The zero-order valence-electron chi connectivity index (χ0n) is 14.8. The molecule has 1 heterocycles. The molecule has 0 aromatic carbocycles. The molecule has 0 N–H and O–H groups in total. The van der Waals surface area contributed by atoms with E-state index in [1.165, 1.54) is 0 Å². The number of nitrogens with zero attached hydrogens (tertiary/aromatic N) is 1. The molecule has 0 saturated carbocycles. The van der Waals surface area contributed by atoms with Crippen LogP contribution in [0.4, 0.5) is 0 Å². The zero-order valence-corrected chi connectivity index (χ0v) is 15.6. The molecular weight excluding hydrogens is 326 g/mol. The average molecular weight is 351 g/mol. The summed E-state index contributed by atoms with van der Waals surface area (Å²) in [5.74, 6) is -0.866. The molecule has 1 amide bonds. The lowest BCUT2D eigenvalue weighted by molar-refractivity contribution is -0.151. The predicted octanol–water partition coefficient (Wildman–Crippen LogP) is 3.30. The monoisotopic (exact) mass is 351 g/mol. The molecular formula is C18H25NO4S. The molecule has 0 aliphatic rings. The molecule has 0 saturated heterocycles. The lowest BCUT2D eigenvalue weighted by Crippen LogP contribution is -2.35. The normalized spacial score (nSPS) is 10.3. The second-order valence-electron chi connectivity index (χ2n) is 5.78. The number of rotatable bonds is 9. The summed E-state index contributed by atoms with van der Waals surface area (Å²) in [4.78, 5) is 39.4. The fraction of sp³-hybridized carbons (Fsp3) is 0.500. The van der Waals surface area contributed by atoms with Crippen LogP contribution >= 0.6 is 11.3 Å². The molecule has 0 fully saturated rings. The maximum Gasteiger partial charge on any atom is 0.306 e. The van der Waals surface area contributed by atoms with Crippen molar-refractivity contribution in [3.63, 3.8) is 0 Å². The van der Waals surface area contributed by atoms with Crippen LogP contribution in [0.3, 0.4) is 0 Å². The summed E-state index contributed by atoms with van der Waals surface area (Å²) in [6.07, 6.45) is 0.0698. The van der Waals surface area contributed by atoms with Gasteiger partial charge in [-0.2, -0.15) is 0 Å². The van der Waals surface area contributed by atoms with E-state index in [0.29, 0.717) is 18.7 Å². The van der Waals surface area contributed by atoms with Gasteiger partial charge >= 0.3 is 5.97 Å². The number of ketones is 1. The smallest absolute Gasteiger partial charge is 0.306 e. The fourth-order valence-corrected chi connectivity index (χ4v) is 3.21. The summed E-state index contributed by atoms with van der Waals surface area (Å²) in [5, 5.41) is 0. The molecule has 0 spiro atoms. The van der Waals surface area contributed by atoms with Crippen molar-refractivity contribution in [2.24, 2.45) is 0 Å². The second-order valence-corrected chi connectivity index (χ2v) is 7.24. The Morgan fingerprint density at radius 1 is 1.25 bits per heavy atom. The van der Waals surface area contributed by atoms with Crippen LogP contribution in [0.1, 0.15) is 46.8 Å². The van der Waals surface area contributed by atoms with Gasteiger partial charge in [0, 0.05) is 34.8 Å². The molecule has 1 aromatic rings. The van der Waals surface area contributed by atoms with Crippen molar-refractivity contribution >= 4 is 29.0 Å². The summed E-state index contributed by atoms with van der Waals surface area (Å²) < 4.78 is 4.98. The Morgan fingerprint density at radius 2 is 1.92 bits per heavy atom. The van der Waals surface area contributed by atoms with Crippen molar-refractivity contribution in [3.05, 3.63) is 33.5 Å². The summed E-state index contributed by atoms with van der Waals surface area (Å²) in [5.41, 5.74) is 1.53. The van der Waals surface area contributed by atoms with Gasteiger partial charge in [-0.25, -0.2) is 0 Å². The van der Waals surface area contributed by atoms with Gasteiger partial charge < -0.3 is 9.64 Å². The van der Waals surface area contributed by atoms with Crippen LogP contribution in [-0.4, -0.2) is 42.3 Å². The van der Waals surface area contributed by atoms with Gasteiger partial charge in [0.05, 0.1) is 6.42 Å². The summed E-state index contributed by atoms with van der Waals surface area (Å²) in [6.45, 7) is 12.0. The Kier molecular flexibility index (Phi) is 7.85. The van der Waals surface area contributed by atoms with Crippen molar-refractivity contribution in [1.29, 1.82) is 0 Å². The number of Topliss-reactive ketones (excluding diaryl/α,β-unsaturated/α-hetero) is 1. The fourth-order valence-electron chi connectivity index (χ4n) is 2.27. The third-order valence-corrected chi connectivity index (χ3v) is 4.42. The molecule has 1 rings (SSSR count). The van der Waals surface area contributed by atoms with Crippen molar-refractivity contribution < 1.29 is 19.1 Å². The molecule has 1 aromatic heterocycles. The van der Waals surface area contributed by atoms with E-state index >= 15 is 0 Å². The lowest BCUT2D eigenvalue weighted by Gasteiger charge is -2.20. The molecule has 24 heavy (non-hydrogen) atoms. The first kappa shape index (κ1) is 20.1. The number of hydrogen-bond donors (Lipinski definition) is 0. The van der Waals surface area contributed by atoms with Gasteiger partial charge in [-0.1, -0.05) is 12.2 Å². The van der Waals surface area contributed by atoms with E-state index < -0.39 is 5.97 Å². The molecule has 0 aliphatic heterocycles. The number of carbonyl (C=O) groups is 3. The molecule has 5 nitrogen and oxygen atoms in total. The summed E-state index contributed by atoms with van der Waals surface area (Å²) in [6, 6.07) is 1.84. The van der Waals surface area contributed by atoms with Crippen LogP contribution in [0.5, 0.6) is 0 Å². The predicted molar refractivity (Wildman–Crippen MR) is 95.4 cm³/mol. The summed E-state index contributed by atoms with van der Waals surface area (Å²) >= 11 is 1.56. The van der Waals surface area contributed by atoms with Crippen molar-refractivity contribution in [2.75, 3.05) is 19.7 Å². The highest BCUT2D eigenvalue weighted by atomic mass is 32.1. The molecule has 0 radical (unpaired) electrons. The van der Waals surface area contributed by atoms with E-state index in [4.69, 9.17) is 4.74 Å². The highest BCUT2D eigenvalue weighted by molar-refractivity contribution is 7.12. The van der Waals surface area contributed by atoms with Crippen LogP contribution in [0.2, 0.25) is 0 Å². The molecule has 0 aliphatic carbocycles. The quantitative estimate of drug-likeness (QED) is 0.389. The number of hydrogen-bond acceptors (Lipinski definition) is 5. The van der Waals surface area contributed by atoms with Crippen LogP contribution in [0, 0.1) is 13.8 Å². The Morgan fingerprint density at radius 3 is 2.42 bits per heavy atom. The largest absolute Gasteiger partial charge is 0.456 e. The number of amides is 1. The van der Waals surface area contributed by atoms with Gasteiger partial charge in [0.1, 0.15) is 0 Å². The van der Waals surface area contributed by atoms with Gasteiger partial charge in [0.15, 0.2) is 12.4 Å². The first-order valence-corrected chi connectivity index (χ1v) is 8.74. The second kappa shape index (κ2) is 9.37. The van der Waals surface area contributed by atoms with E-state index in [9.17, 15) is 14.4 Å². The summed E-state index contributed by atoms with van der Waals surface area (Å²) in [7, 11) is 0. The Balaban J connectivity index is 2.41. The Hall–Kier alpha value is -1.95. The van der Waals surface area contributed by atoms with E-state index in [-0.39, 0.29) is 31.1 Å². The zero-order chi connectivity index (χ0) is 18.3. The highest BCUT2D eigenvalue weighted by Gasteiger charge is 2.17. The maximum absolute atomic E-state index is 12.1. The van der Waals surface area contributed by atoms with Crippen molar-refractivity contribution in [2.45, 2.75) is 40.5 Å². The number of carbonyl (C=O) groups excluding carboxylic acids is 3. The van der Waals surface area contributed by atoms with E-state index in [1.54, 1.807) is 16.2 Å². The molecule has 0 bridgehead atoms. The number of esters is 1. The number of aryl methyl sites for hydroxylation is 2. The van der Waals surface area contributed by atoms with Gasteiger partial charge in [-0.05, 0) is 33.8 Å². The lowest BCUT2D eigenvalue weighted by atomic mass is 10.1. The average Bonchev–Trinajstić information content (AvgIpc) is 2.86. The first-order valence-electron chi connectivity index (χ1n) is 7.92. The Bertz CT molecular complexity index is 633. The minimum Gasteiger partial charge on any atom is -0.456 e. The third kappa shape index (κ3) is 6.28. The van der Waals surface area contributed by atoms with Crippen LogP contribution in [-0.2, 0) is 14.3 Å². The molecule has 132 valence electrons. The van der Waals surface area contributed by atoms with Crippen molar-refractivity contribution in [1.82, 2.24) is 4.90 Å². The topological polar surface area (TPSA) is 63.7 Å². The number of ether oxygens (including phenoxy) is 1. The van der Waals surface area contributed by atoms with Gasteiger partial charge in [0.25, 0.3) is 5.91 Å². The molecule has 0 unspecified atom stereocenters. The van der Waals surface area contributed by atoms with E-state index in [0.717, 1.165) is 15.3 Å². The van der Waals surface area contributed by atoms with Gasteiger partial charge in [0.2, 0.25) is 0 Å². The third-order valence-electron chi connectivity index (χ3n) is 3.45. The van der Waals surface area contributed by atoms with Crippen LogP contribution in [0.15, 0.2) is 18.2 Å². The van der Waals surface area contributed by atoms with Crippen molar-refractivity contribution in [3.8, 4) is 0 Å². The van der Waals surface area contributed by atoms with E-state index in [2.05, 4.69) is 6.58 Å². The minimum atomic E-state index is -0.535. The van der Waals surface area contributed by atoms with Crippen LogP contribution < -0.4 is 0 Å². The highest BCUT2D eigenvalue weighted by Crippen LogP contribution is 2.22. The molecule has 6 heteroatoms. The molecule has 0 atom stereocenters. The van der Waals surface area contributed by atoms with E-state index in [1.807, 2.05) is 33.8 Å². The SMILES string of the molecule is C=C(C)CN(CC)C(=O)COC(=O)CCC(=O)c1cc(C)sc1C.